The Morgan fingerprint density at radius 2 is 2.12 bits per heavy atom. The van der Waals surface area contributed by atoms with Crippen LogP contribution in [0.4, 0.5) is 4.79 Å². The summed E-state index contributed by atoms with van der Waals surface area (Å²) in [5, 5.41) is 7.69. The first-order chi connectivity index (χ1) is 11.6. The molecule has 0 saturated carbocycles. The SMILES string of the molecule is Cc1cccc(C2NC(=O)NC3=C2C(=O)N(Cc2cccs2)C3)c1. The molecule has 1 unspecified atom stereocenters. The Morgan fingerprint density at radius 3 is 2.88 bits per heavy atom. The van der Waals surface area contributed by atoms with Crippen LogP contribution in [0.5, 0.6) is 0 Å². The maximum absolute atomic E-state index is 12.9. The second kappa shape index (κ2) is 5.79. The molecule has 2 N–H and O–H groups in total. The van der Waals surface area contributed by atoms with Gasteiger partial charge in [-0.25, -0.2) is 4.79 Å². The van der Waals surface area contributed by atoms with Gasteiger partial charge >= 0.3 is 6.03 Å². The number of urea groups is 1. The van der Waals surface area contributed by atoms with Gasteiger partial charge in [-0.1, -0.05) is 35.9 Å². The van der Waals surface area contributed by atoms with Crippen LogP contribution in [0.3, 0.4) is 0 Å². The maximum atomic E-state index is 12.9. The Kier molecular flexibility index (Phi) is 3.61. The van der Waals surface area contributed by atoms with Gasteiger partial charge in [0, 0.05) is 4.88 Å². The molecule has 5 nitrogen and oxygen atoms in total. The minimum absolute atomic E-state index is 0.0163. The average Bonchev–Trinajstić information content (AvgIpc) is 3.16. The van der Waals surface area contributed by atoms with Gasteiger partial charge in [-0.05, 0) is 23.9 Å². The first-order valence-corrected chi connectivity index (χ1v) is 8.68. The lowest BCUT2D eigenvalue weighted by atomic mass is 9.95. The number of hydrogen-bond donors (Lipinski definition) is 2. The zero-order chi connectivity index (χ0) is 16.7. The van der Waals surface area contributed by atoms with E-state index in [-0.39, 0.29) is 11.9 Å². The molecule has 3 heterocycles. The van der Waals surface area contributed by atoms with Crippen molar-refractivity contribution in [3.05, 3.63) is 69.1 Å². The van der Waals surface area contributed by atoms with Crippen molar-refractivity contribution in [3.63, 3.8) is 0 Å². The molecular formula is C18H17N3O2S. The largest absolute Gasteiger partial charge is 0.328 e. The van der Waals surface area contributed by atoms with Crippen LogP contribution in [0.15, 0.2) is 53.0 Å². The van der Waals surface area contributed by atoms with Gasteiger partial charge in [-0.15, -0.1) is 11.3 Å². The third-order valence-electron chi connectivity index (χ3n) is 4.32. The zero-order valence-electron chi connectivity index (χ0n) is 13.2. The van der Waals surface area contributed by atoms with E-state index in [1.165, 1.54) is 0 Å². The van der Waals surface area contributed by atoms with Gasteiger partial charge < -0.3 is 15.5 Å². The van der Waals surface area contributed by atoms with Crippen LogP contribution in [0.25, 0.3) is 0 Å². The van der Waals surface area contributed by atoms with Gasteiger partial charge in [0.2, 0.25) is 0 Å². The summed E-state index contributed by atoms with van der Waals surface area (Å²) in [5.41, 5.74) is 3.40. The Morgan fingerprint density at radius 1 is 1.25 bits per heavy atom. The fraction of sp³-hybridized carbons (Fsp3) is 0.222. The van der Waals surface area contributed by atoms with Crippen molar-refractivity contribution in [1.29, 1.82) is 0 Å². The maximum Gasteiger partial charge on any atom is 0.319 e. The number of nitrogens with one attached hydrogen (secondary N) is 2. The highest BCUT2D eigenvalue weighted by atomic mass is 32.1. The van der Waals surface area contributed by atoms with Gasteiger partial charge in [0.25, 0.3) is 5.91 Å². The number of carbonyl (C=O) groups excluding carboxylic acids is 2. The molecule has 24 heavy (non-hydrogen) atoms. The second-order valence-electron chi connectivity index (χ2n) is 6.08. The highest BCUT2D eigenvalue weighted by Crippen LogP contribution is 2.33. The van der Waals surface area contributed by atoms with Crippen molar-refractivity contribution in [2.45, 2.75) is 19.5 Å². The van der Waals surface area contributed by atoms with E-state index in [0.717, 1.165) is 16.0 Å². The van der Waals surface area contributed by atoms with E-state index in [9.17, 15) is 9.59 Å². The normalized spacial score (nSPS) is 20.0. The van der Waals surface area contributed by atoms with Crippen LogP contribution < -0.4 is 10.6 Å². The molecule has 2 aliphatic rings. The summed E-state index contributed by atoms with van der Waals surface area (Å²) in [6.07, 6.45) is 0. The van der Waals surface area contributed by atoms with Crippen molar-refractivity contribution in [3.8, 4) is 0 Å². The summed E-state index contributed by atoms with van der Waals surface area (Å²) in [6, 6.07) is 11.2. The fourth-order valence-electron chi connectivity index (χ4n) is 3.25. The van der Waals surface area contributed by atoms with Crippen molar-refractivity contribution < 1.29 is 9.59 Å². The number of benzene rings is 1. The molecule has 122 valence electrons. The van der Waals surface area contributed by atoms with Gasteiger partial charge in [0.15, 0.2) is 0 Å². The van der Waals surface area contributed by atoms with Crippen molar-refractivity contribution in [2.24, 2.45) is 0 Å². The van der Waals surface area contributed by atoms with E-state index in [1.807, 2.05) is 48.7 Å². The standard InChI is InChI=1S/C18H17N3O2S/c1-11-4-2-5-12(8-11)16-15-14(19-18(23)20-16)10-21(17(15)22)9-13-6-3-7-24-13/h2-8,16H,9-10H2,1H3,(H2,19,20,23). The molecule has 0 spiro atoms. The third kappa shape index (κ3) is 2.59. The van der Waals surface area contributed by atoms with Crippen LogP contribution in [0, 0.1) is 6.92 Å². The summed E-state index contributed by atoms with van der Waals surface area (Å²) in [6.45, 7) is 3.02. The molecule has 2 aromatic rings. The predicted octanol–water partition coefficient (Wildman–Crippen LogP) is 2.71. The lowest BCUT2D eigenvalue weighted by molar-refractivity contribution is -0.126. The molecule has 0 saturated heterocycles. The number of rotatable bonds is 3. The van der Waals surface area contributed by atoms with Gasteiger partial charge in [0.05, 0.1) is 30.4 Å². The van der Waals surface area contributed by atoms with Crippen LogP contribution in [0.2, 0.25) is 0 Å². The van der Waals surface area contributed by atoms with E-state index in [2.05, 4.69) is 10.6 Å². The van der Waals surface area contributed by atoms with Crippen molar-refractivity contribution in [1.82, 2.24) is 15.5 Å². The topological polar surface area (TPSA) is 61.4 Å². The van der Waals surface area contributed by atoms with E-state index in [0.29, 0.717) is 24.4 Å². The number of amides is 3. The van der Waals surface area contributed by atoms with E-state index >= 15 is 0 Å². The summed E-state index contributed by atoms with van der Waals surface area (Å²) < 4.78 is 0. The number of thiophene rings is 1. The predicted molar refractivity (Wildman–Crippen MR) is 92.3 cm³/mol. The number of nitrogens with zero attached hydrogens (tertiary/aromatic N) is 1. The smallest absolute Gasteiger partial charge is 0.319 e. The van der Waals surface area contributed by atoms with Crippen LogP contribution in [-0.4, -0.2) is 23.4 Å². The number of carbonyl (C=O) groups is 2. The first kappa shape index (κ1) is 15.0. The summed E-state index contributed by atoms with van der Waals surface area (Å²) in [5.74, 6) is -0.0163. The van der Waals surface area contributed by atoms with E-state index in [1.54, 1.807) is 16.2 Å². The highest BCUT2D eigenvalue weighted by Gasteiger charge is 2.40. The van der Waals surface area contributed by atoms with Crippen LogP contribution in [-0.2, 0) is 11.3 Å². The molecular weight excluding hydrogens is 322 g/mol. The lowest BCUT2D eigenvalue weighted by Crippen LogP contribution is -2.44. The second-order valence-corrected chi connectivity index (χ2v) is 7.11. The molecule has 3 amide bonds. The first-order valence-electron chi connectivity index (χ1n) is 7.80. The minimum Gasteiger partial charge on any atom is -0.328 e. The van der Waals surface area contributed by atoms with E-state index in [4.69, 9.17) is 0 Å². The van der Waals surface area contributed by atoms with Crippen LogP contribution in [0.1, 0.15) is 22.0 Å². The molecule has 0 fully saturated rings. The quantitative estimate of drug-likeness (QED) is 0.903. The molecule has 0 bridgehead atoms. The van der Waals surface area contributed by atoms with Gasteiger partial charge in [-0.2, -0.15) is 0 Å². The lowest BCUT2D eigenvalue weighted by Gasteiger charge is -2.25. The minimum atomic E-state index is -0.394. The summed E-state index contributed by atoms with van der Waals surface area (Å²) >= 11 is 1.63. The Labute approximate surface area is 144 Å². The van der Waals surface area contributed by atoms with Crippen molar-refractivity contribution in [2.75, 3.05) is 6.54 Å². The molecule has 1 aromatic carbocycles. The molecule has 4 rings (SSSR count). The van der Waals surface area contributed by atoms with Crippen molar-refractivity contribution >= 4 is 23.3 Å². The van der Waals surface area contributed by atoms with Crippen LogP contribution >= 0.6 is 11.3 Å². The van der Waals surface area contributed by atoms with Gasteiger partial charge in [0.1, 0.15) is 0 Å². The summed E-state index contributed by atoms with van der Waals surface area (Å²) in [4.78, 5) is 27.9. The molecule has 1 atom stereocenters. The molecule has 1 aromatic heterocycles. The van der Waals surface area contributed by atoms with Gasteiger partial charge in [-0.3, -0.25) is 4.79 Å². The number of aryl methyl sites for hydroxylation is 1. The monoisotopic (exact) mass is 339 g/mol. The molecule has 0 aliphatic carbocycles. The molecule has 2 aliphatic heterocycles. The fourth-order valence-corrected chi connectivity index (χ4v) is 3.97. The molecule has 6 heteroatoms. The number of hydrogen-bond acceptors (Lipinski definition) is 3. The average molecular weight is 339 g/mol. The zero-order valence-corrected chi connectivity index (χ0v) is 14.0. The molecule has 0 radical (unpaired) electrons. The Bertz CT molecular complexity index is 842. The Hall–Kier alpha value is -2.60. The summed E-state index contributed by atoms with van der Waals surface area (Å²) in [7, 11) is 0. The highest BCUT2D eigenvalue weighted by molar-refractivity contribution is 7.09. The van der Waals surface area contributed by atoms with E-state index < -0.39 is 6.04 Å². The third-order valence-corrected chi connectivity index (χ3v) is 5.18. The Balaban J connectivity index is 1.66.